The van der Waals surface area contributed by atoms with Gasteiger partial charge in [0.05, 0.1) is 0 Å². The lowest BCUT2D eigenvalue weighted by Gasteiger charge is -2.10. The first-order chi connectivity index (χ1) is 7.83. The number of rotatable bonds is 3. The summed E-state index contributed by atoms with van der Waals surface area (Å²) < 4.78 is 2.29. The quantitative estimate of drug-likeness (QED) is 0.837. The molecule has 0 unspecified atom stereocenters. The first kappa shape index (κ1) is 10.3. The summed E-state index contributed by atoms with van der Waals surface area (Å²) in [7, 11) is 0. The van der Waals surface area contributed by atoms with Crippen LogP contribution in [0.4, 0.5) is 0 Å². The molecule has 1 aromatic heterocycles. The second-order valence-electron chi connectivity index (χ2n) is 5.26. The van der Waals surface area contributed by atoms with Crippen LogP contribution in [0.1, 0.15) is 43.8 Å². The fourth-order valence-electron chi connectivity index (χ4n) is 2.77. The number of nitrogens with zero attached hydrogens (tertiary/aromatic N) is 3. The van der Waals surface area contributed by atoms with Crippen LogP contribution in [0.25, 0.3) is 0 Å². The SMILES string of the molecule is OCCCc1nnc2n1CCC1(CC2)CC1. The maximum atomic E-state index is 8.86. The van der Waals surface area contributed by atoms with Gasteiger partial charge in [-0.05, 0) is 37.5 Å². The number of aromatic nitrogens is 3. The average molecular weight is 221 g/mol. The summed E-state index contributed by atoms with van der Waals surface area (Å²) in [6.45, 7) is 1.33. The molecule has 88 valence electrons. The molecule has 4 heteroatoms. The lowest BCUT2D eigenvalue weighted by atomic mass is 9.97. The van der Waals surface area contributed by atoms with E-state index in [2.05, 4.69) is 14.8 Å². The number of aliphatic hydroxyl groups is 1. The number of aryl methyl sites for hydroxylation is 2. The normalized spacial score (nSPS) is 21.8. The van der Waals surface area contributed by atoms with E-state index < -0.39 is 0 Å². The minimum atomic E-state index is 0.242. The van der Waals surface area contributed by atoms with Gasteiger partial charge in [0.2, 0.25) is 0 Å². The average Bonchev–Trinajstić information content (AvgIpc) is 3.01. The lowest BCUT2D eigenvalue weighted by Crippen LogP contribution is -2.08. The van der Waals surface area contributed by atoms with Gasteiger partial charge in [-0.1, -0.05) is 0 Å². The summed E-state index contributed by atoms with van der Waals surface area (Å²) in [6.07, 6.45) is 8.16. The van der Waals surface area contributed by atoms with Crippen molar-refractivity contribution < 1.29 is 5.11 Å². The molecular formula is C12H19N3O. The minimum absolute atomic E-state index is 0.242. The maximum Gasteiger partial charge on any atom is 0.133 e. The van der Waals surface area contributed by atoms with Crippen LogP contribution in [0.5, 0.6) is 0 Å². The Bertz CT molecular complexity index is 382. The zero-order chi connectivity index (χ0) is 11.0. The number of fused-ring (bicyclic) bond motifs is 1. The van der Waals surface area contributed by atoms with Crippen molar-refractivity contribution in [2.45, 2.75) is 51.5 Å². The van der Waals surface area contributed by atoms with Gasteiger partial charge >= 0.3 is 0 Å². The summed E-state index contributed by atoms with van der Waals surface area (Å²) in [5, 5.41) is 17.4. The molecular weight excluding hydrogens is 202 g/mol. The largest absolute Gasteiger partial charge is 0.396 e. The maximum absolute atomic E-state index is 8.86. The highest BCUT2D eigenvalue weighted by Crippen LogP contribution is 2.53. The Morgan fingerprint density at radius 2 is 2.06 bits per heavy atom. The van der Waals surface area contributed by atoms with Gasteiger partial charge in [0.1, 0.15) is 11.6 Å². The number of hydrogen-bond donors (Lipinski definition) is 1. The molecule has 0 aromatic carbocycles. The monoisotopic (exact) mass is 221 g/mol. The Morgan fingerprint density at radius 3 is 2.81 bits per heavy atom. The van der Waals surface area contributed by atoms with E-state index in [-0.39, 0.29) is 6.61 Å². The lowest BCUT2D eigenvalue weighted by molar-refractivity contribution is 0.286. The molecule has 1 fully saturated rings. The Morgan fingerprint density at radius 1 is 1.19 bits per heavy atom. The molecule has 2 heterocycles. The third kappa shape index (κ3) is 1.75. The predicted octanol–water partition coefficient (Wildman–Crippen LogP) is 1.32. The Kier molecular flexibility index (Phi) is 2.46. The van der Waals surface area contributed by atoms with Crippen LogP contribution in [0.15, 0.2) is 0 Å². The van der Waals surface area contributed by atoms with E-state index in [4.69, 9.17) is 5.11 Å². The van der Waals surface area contributed by atoms with Crippen LogP contribution < -0.4 is 0 Å². The van der Waals surface area contributed by atoms with E-state index in [1.54, 1.807) is 0 Å². The second kappa shape index (κ2) is 3.84. The number of aliphatic hydroxyl groups excluding tert-OH is 1. The van der Waals surface area contributed by atoms with Crippen molar-refractivity contribution in [3.63, 3.8) is 0 Å². The van der Waals surface area contributed by atoms with E-state index in [0.717, 1.165) is 37.5 Å². The van der Waals surface area contributed by atoms with Crippen molar-refractivity contribution in [3.05, 3.63) is 11.6 Å². The summed E-state index contributed by atoms with van der Waals surface area (Å²) >= 11 is 0. The minimum Gasteiger partial charge on any atom is -0.396 e. The van der Waals surface area contributed by atoms with Gasteiger partial charge in [-0.15, -0.1) is 10.2 Å². The van der Waals surface area contributed by atoms with Crippen molar-refractivity contribution in [3.8, 4) is 0 Å². The van der Waals surface area contributed by atoms with Crippen LogP contribution >= 0.6 is 0 Å². The van der Waals surface area contributed by atoms with Crippen LogP contribution in [0.2, 0.25) is 0 Å². The summed E-state index contributed by atoms with van der Waals surface area (Å²) in [6, 6.07) is 0. The summed E-state index contributed by atoms with van der Waals surface area (Å²) in [5.74, 6) is 2.23. The fraction of sp³-hybridized carbons (Fsp3) is 0.833. The van der Waals surface area contributed by atoms with Crippen LogP contribution in [-0.2, 0) is 19.4 Å². The van der Waals surface area contributed by atoms with Gasteiger partial charge in [-0.25, -0.2) is 0 Å². The topological polar surface area (TPSA) is 50.9 Å². The predicted molar refractivity (Wildman–Crippen MR) is 60.0 cm³/mol. The summed E-state index contributed by atoms with van der Waals surface area (Å²) in [4.78, 5) is 0. The highest BCUT2D eigenvalue weighted by atomic mass is 16.2. The highest BCUT2D eigenvalue weighted by Gasteiger charge is 2.43. The van der Waals surface area contributed by atoms with Crippen molar-refractivity contribution in [2.75, 3.05) is 6.61 Å². The van der Waals surface area contributed by atoms with Crippen LogP contribution in [0.3, 0.4) is 0 Å². The first-order valence-corrected chi connectivity index (χ1v) is 6.35. The van der Waals surface area contributed by atoms with Gasteiger partial charge < -0.3 is 9.67 Å². The Labute approximate surface area is 95.7 Å². The molecule has 0 saturated heterocycles. The van der Waals surface area contributed by atoms with Gasteiger partial charge in [0, 0.05) is 26.0 Å². The van der Waals surface area contributed by atoms with Crippen LogP contribution in [0, 0.1) is 5.41 Å². The standard InChI is InChI=1S/C12H19N3O/c16-9-1-2-10-13-14-11-3-4-12(5-6-12)7-8-15(10)11/h16H,1-9H2. The molecule has 0 atom stereocenters. The zero-order valence-corrected chi connectivity index (χ0v) is 9.65. The molecule has 0 amide bonds. The second-order valence-corrected chi connectivity index (χ2v) is 5.26. The van der Waals surface area contributed by atoms with Crippen molar-refractivity contribution in [1.82, 2.24) is 14.8 Å². The third-order valence-electron chi connectivity index (χ3n) is 4.16. The molecule has 1 saturated carbocycles. The van der Waals surface area contributed by atoms with E-state index in [9.17, 15) is 0 Å². The zero-order valence-electron chi connectivity index (χ0n) is 9.65. The molecule has 1 aliphatic heterocycles. The molecule has 1 N–H and O–H groups in total. The molecule has 0 bridgehead atoms. The molecule has 1 spiro atoms. The molecule has 3 rings (SSSR count). The molecule has 4 nitrogen and oxygen atoms in total. The molecule has 2 aliphatic rings. The smallest absolute Gasteiger partial charge is 0.133 e. The van der Waals surface area contributed by atoms with Crippen molar-refractivity contribution >= 4 is 0 Å². The van der Waals surface area contributed by atoms with E-state index >= 15 is 0 Å². The third-order valence-corrected chi connectivity index (χ3v) is 4.16. The Balaban J connectivity index is 1.77. The van der Waals surface area contributed by atoms with Gasteiger partial charge in [0.25, 0.3) is 0 Å². The molecule has 1 aromatic rings. The van der Waals surface area contributed by atoms with E-state index in [0.29, 0.717) is 5.41 Å². The molecule has 0 radical (unpaired) electrons. The van der Waals surface area contributed by atoms with E-state index in [1.165, 1.54) is 25.7 Å². The van der Waals surface area contributed by atoms with Crippen molar-refractivity contribution in [1.29, 1.82) is 0 Å². The summed E-state index contributed by atoms with van der Waals surface area (Å²) in [5.41, 5.74) is 0.662. The van der Waals surface area contributed by atoms with Crippen molar-refractivity contribution in [2.24, 2.45) is 5.41 Å². The number of hydrogen-bond acceptors (Lipinski definition) is 3. The highest BCUT2D eigenvalue weighted by molar-refractivity contribution is 5.04. The molecule has 1 aliphatic carbocycles. The van der Waals surface area contributed by atoms with E-state index in [1.807, 2.05) is 0 Å². The first-order valence-electron chi connectivity index (χ1n) is 6.35. The Hall–Kier alpha value is -0.900. The molecule has 16 heavy (non-hydrogen) atoms. The van der Waals surface area contributed by atoms with Crippen LogP contribution in [-0.4, -0.2) is 26.5 Å². The van der Waals surface area contributed by atoms with Gasteiger partial charge in [0.15, 0.2) is 0 Å². The fourth-order valence-corrected chi connectivity index (χ4v) is 2.77. The van der Waals surface area contributed by atoms with Gasteiger partial charge in [-0.3, -0.25) is 0 Å². The van der Waals surface area contributed by atoms with Gasteiger partial charge in [-0.2, -0.15) is 0 Å².